The molecule has 0 saturated carbocycles. The fraction of sp³-hybridized carbons (Fsp3) is 0.0435. The minimum Gasteiger partial charge on any atom is -0.255 e. The van der Waals surface area contributed by atoms with Crippen LogP contribution in [0.4, 0.5) is 0 Å². The van der Waals surface area contributed by atoms with Gasteiger partial charge >= 0.3 is 0 Å². The van der Waals surface area contributed by atoms with Crippen molar-refractivity contribution in [2.45, 2.75) is 12.3 Å². The molecule has 0 saturated heterocycles. The fourth-order valence-corrected chi connectivity index (χ4v) is 7.57. The van der Waals surface area contributed by atoms with E-state index in [-0.39, 0.29) is 5.92 Å². The van der Waals surface area contributed by atoms with Crippen LogP contribution in [-0.2, 0) is 6.42 Å². The van der Waals surface area contributed by atoms with Gasteiger partial charge in [-0.15, -0.1) is 0 Å². The SMILES string of the molecule is C1=CC(c2cc(-c3ccccn3)nc(-c3ccccn3)c2)=C2C=Cc3ccc(-c4nc(-c5ccccc5)nc(-c5ccccc5)n4)c4c3C2C1=CC4. The van der Waals surface area contributed by atoms with Crippen molar-refractivity contribution in [3.8, 4) is 56.9 Å². The monoisotopic (exact) mass is 666 g/mol. The first-order valence-corrected chi connectivity index (χ1v) is 17.5. The summed E-state index contributed by atoms with van der Waals surface area (Å²) in [5.41, 5.74) is 14.8. The zero-order valence-electron chi connectivity index (χ0n) is 28.1. The molecule has 10 rings (SSSR count). The zero-order chi connectivity index (χ0) is 34.4. The maximum atomic E-state index is 5.11. The molecule has 4 heterocycles. The molecule has 52 heavy (non-hydrogen) atoms. The molecule has 0 N–H and O–H groups in total. The number of hydrogen-bond donors (Lipinski definition) is 0. The number of rotatable bonds is 6. The molecule has 0 amide bonds. The average molecular weight is 667 g/mol. The lowest BCUT2D eigenvalue weighted by Crippen LogP contribution is -2.19. The molecule has 3 aliphatic carbocycles. The minimum absolute atomic E-state index is 0.0810. The summed E-state index contributed by atoms with van der Waals surface area (Å²) in [7, 11) is 0. The Kier molecular flexibility index (Phi) is 7.17. The summed E-state index contributed by atoms with van der Waals surface area (Å²) in [6, 6.07) is 40.9. The van der Waals surface area contributed by atoms with Gasteiger partial charge in [0.2, 0.25) is 0 Å². The van der Waals surface area contributed by atoms with Crippen LogP contribution in [0.1, 0.15) is 28.2 Å². The van der Waals surface area contributed by atoms with Gasteiger partial charge < -0.3 is 0 Å². The van der Waals surface area contributed by atoms with Gasteiger partial charge in [-0.1, -0.05) is 115 Å². The molecule has 1 atom stereocenters. The van der Waals surface area contributed by atoms with E-state index in [0.29, 0.717) is 17.5 Å². The largest absolute Gasteiger partial charge is 0.255 e. The summed E-state index contributed by atoms with van der Waals surface area (Å²) in [6.45, 7) is 0. The maximum absolute atomic E-state index is 5.11. The van der Waals surface area contributed by atoms with Crippen LogP contribution in [0, 0.1) is 0 Å². The predicted molar refractivity (Wildman–Crippen MR) is 206 cm³/mol. The first-order chi connectivity index (χ1) is 25.8. The third-order valence-corrected chi connectivity index (χ3v) is 9.99. The smallest absolute Gasteiger partial charge is 0.164 e. The van der Waals surface area contributed by atoms with Gasteiger partial charge in [-0.05, 0) is 81.8 Å². The molecule has 6 heteroatoms. The average Bonchev–Trinajstić information content (AvgIpc) is 3.23. The van der Waals surface area contributed by atoms with Crippen LogP contribution in [0.5, 0.6) is 0 Å². The van der Waals surface area contributed by atoms with Crippen LogP contribution in [0.3, 0.4) is 0 Å². The van der Waals surface area contributed by atoms with Gasteiger partial charge in [-0.25, -0.2) is 19.9 Å². The Morgan fingerprint density at radius 1 is 0.481 bits per heavy atom. The molecule has 244 valence electrons. The minimum atomic E-state index is 0.0810. The molecule has 6 nitrogen and oxygen atoms in total. The van der Waals surface area contributed by atoms with E-state index in [4.69, 9.17) is 19.9 Å². The quantitative estimate of drug-likeness (QED) is 0.176. The van der Waals surface area contributed by atoms with E-state index < -0.39 is 0 Å². The molecule has 0 spiro atoms. The molecular formula is C46H30N6. The number of pyridine rings is 3. The highest BCUT2D eigenvalue weighted by Crippen LogP contribution is 2.51. The number of nitrogens with zero attached hydrogens (tertiary/aromatic N) is 6. The Labute approximate surface area is 301 Å². The van der Waals surface area contributed by atoms with Gasteiger partial charge in [0, 0.05) is 35.0 Å². The van der Waals surface area contributed by atoms with Crippen LogP contribution in [0.2, 0.25) is 0 Å². The summed E-state index contributed by atoms with van der Waals surface area (Å²) < 4.78 is 0. The zero-order valence-corrected chi connectivity index (χ0v) is 28.1. The molecule has 1 unspecified atom stereocenters. The van der Waals surface area contributed by atoms with Crippen molar-refractivity contribution in [3.05, 3.63) is 191 Å². The molecule has 0 fully saturated rings. The Balaban J connectivity index is 1.14. The van der Waals surface area contributed by atoms with Crippen molar-refractivity contribution < 1.29 is 0 Å². The second kappa shape index (κ2) is 12.4. The van der Waals surface area contributed by atoms with Crippen LogP contribution in [-0.4, -0.2) is 29.9 Å². The van der Waals surface area contributed by atoms with Gasteiger partial charge in [0.05, 0.1) is 22.8 Å². The van der Waals surface area contributed by atoms with Gasteiger partial charge in [0.1, 0.15) is 0 Å². The summed E-state index contributed by atoms with van der Waals surface area (Å²) in [6.07, 6.45) is 15.9. The Morgan fingerprint density at radius 2 is 1.10 bits per heavy atom. The molecule has 3 aromatic carbocycles. The van der Waals surface area contributed by atoms with E-state index in [0.717, 1.165) is 57.0 Å². The van der Waals surface area contributed by atoms with Crippen LogP contribution < -0.4 is 0 Å². The summed E-state index contributed by atoms with van der Waals surface area (Å²) in [5.74, 6) is 2.09. The van der Waals surface area contributed by atoms with E-state index in [1.54, 1.807) is 0 Å². The Bertz CT molecular complexity index is 2510. The molecular weight excluding hydrogens is 637 g/mol. The lowest BCUT2D eigenvalue weighted by Gasteiger charge is -2.36. The first-order valence-electron chi connectivity index (χ1n) is 17.5. The van der Waals surface area contributed by atoms with E-state index in [1.165, 1.54) is 27.8 Å². The third kappa shape index (κ3) is 5.20. The Hall–Kier alpha value is -6.92. The van der Waals surface area contributed by atoms with Crippen LogP contribution in [0.25, 0.3) is 68.6 Å². The van der Waals surface area contributed by atoms with Crippen LogP contribution >= 0.6 is 0 Å². The number of aromatic nitrogens is 6. The summed E-state index contributed by atoms with van der Waals surface area (Å²) in [4.78, 5) is 29.5. The van der Waals surface area contributed by atoms with Gasteiger partial charge in [-0.2, -0.15) is 0 Å². The standard InChI is InChI=1S/C46H30N6/c1-3-11-31(12-4-1)44-50-45(32-13-5-2-6-14-32)52-46(51-44)37-24-20-30-18-22-35-34(21-17-29-19-23-36(37)43(30)42(29)35)33-27-40(38-15-7-9-25-47-38)49-41(28-33)39-16-8-10-26-48-39/h1-22,24-28,42H,23H2. The lowest BCUT2D eigenvalue weighted by molar-refractivity contribution is 0.894. The highest BCUT2D eigenvalue weighted by atomic mass is 15.0. The topological polar surface area (TPSA) is 77.3 Å². The highest BCUT2D eigenvalue weighted by Gasteiger charge is 2.34. The van der Waals surface area contributed by atoms with Gasteiger partial charge in [0.15, 0.2) is 17.5 Å². The van der Waals surface area contributed by atoms with Crippen molar-refractivity contribution in [2.24, 2.45) is 0 Å². The van der Waals surface area contributed by atoms with E-state index in [9.17, 15) is 0 Å². The molecule has 7 aromatic rings. The van der Waals surface area contributed by atoms with E-state index in [2.05, 4.69) is 88.9 Å². The fourth-order valence-electron chi connectivity index (χ4n) is 7.57. The van der Waals surface area contributed by atoms with E-state index >= 15 is 0 Å². The second-order valence-electron chi connectivity index (χ2n) is 13.1. The van der Waals surface area contributed by atoms with E-state index in [1.807, 2.05) is 85.2 Å². The first kappa shape index (κ1) is 29.9. The van der Waals surface area contributed by atoms with Crippen molar-refractivity contribution in [3.63, 3.8) is 0 Å². The lowest BCUT2D eigenvalue weighted by atomic mass is 9.68. The van der Waals surface area contributed by atoms with Gasteiger partial charge in [0.25, 0.3) is 0 Å². The molecule has 0 bridgehead atoms. The molecule has 3 aliphatic rings. The highest BCUT2D eigenvalue weighted by molar-refractivity contribution is 5.90. The van der Waals surface area contributed by atoms with Crippen molar-refractivity contribution in [2.75, 3.05) is 0 Å². The summed E-state index contributed by atoms with van der Waals surface area (Å²) >= 11 is 0. The number of allylic oxidation sites excluding steroid dienone is 7. The van der Waals surface area contributed by atoms with Crippen molar-refractivity contribution in [1.29, 1.82) is 0 Å². The summed E-state index contributed by atoms with van der Waals surface area (Å²) in [5, 5.41) is 0. The molecule has 0 aliphatic heterocycles. The van der Waals surface area contributed by atoms with Crippen molar-refractivity contribution in [1.82, 2.24) is 29.9 Å². The molecule has 0 radical (unpaired) electrons. The predicted octanol–water partition coefficient (Wildman–Crippen LogP) is 10.0. The normalized spacial score (nSPS) is 15.3. The molecule has 4 aromatic heterocycles. The Morgan fingerprint density at radius 3 is 1.71 bits per heavy atom. The number of benzene rings is 3. The van der Waals surface area contributed by atoms with Crippen molar-refractivity contribution >= 4 is 11.6 Å². The number of hydrogen-bond acceptors (Lipinski definition) is 6. The van der Waals surface area contributed by atoms with Crippen LogP contribution in [0.15, 0.2) is 169 Å². The second-order valence-corrected chi connectivity index (χ2v) is 13.1. The van der Waals surface area contributed by atoms with Gasteiger partial charge in [-0.3, -0.25) is 9.97 Å². The maximum Gasteiger partial charge on any atom is 0.164 e. The third-order valence-electron chi connectivity index (χ3n) is 9.99.